The Morgan fingerprint density at radius 2 is 0.642 bits per heavy atom. The second-order valence-corrected chi connectivity index (χ2v) is 19.3. The Bertz CT molecular complexity index is 1190. The van der Waals surface area contributed by atoms with Crippen molar-refractivity contribution in [1.29, 1.82) is 0 Å². The first-order valence-electron chi connectivity index (χ1n) is 29.0. The van der Waals surface area contributed by atoms with Crippen LogP contribution in [0.2, 0.25) is 0 Å². The highest BCUT2D eigenvalue weighted by Gasteiger charge is 2.16. The predicted molar refractivity (Wildman–Crippen MR) is 293 cm³/mol. The highest BCUT2D eigenvalue weighted by molar-refractivity contribution is 5.70. The molecule has 0 saturated heterocycles. The van der Waals surface area contributed by atoms with Crippen molar-refractivity contribution >= 4 is 11.9 Å². The maximum absolute atomic E-state index is 12.3. The zero-order chi connectivity index (χ0) is 48.5. The summed E-state index contributed by atoms with van der Waals surface area (Å²) in [6, 6.07) is 0. The number of hydrogen-bond donors (Lipinski definition) is 1. The van der Waals surface area contributed by atoms with Crippen LogP contribution in [0.15, 0.2) is 72.9 Å². The van der Waals surface area contributed by atoms with Gasteiger partial charge in [-0.2, -0.15) is 0 Å². The third-order valence-electron chi connectivity index (χ3n) is 12.8. The predicted octanol–water partition coefficient (Wildman–Crippen LogP) is 19.6. The van der Waals surface area contributed by atoms with E-state index in [4.69, 9.17) is 9.47 Å². The van der Waals surface area contributed by atoms with Crippen LogP contribution in [0.4, 0.5) is 0 Å². The van der Waals surface area contributed by atoms with Gasteiger partial charge in [-0.1, -0.05) is 286 Å². The van der Waals surface area contributed by atoms with E-state index >= 15 is 0 Å². The van der Waals surface area contributed by atoms with Crippen molar-refractivity contribution < 1.29 is 24.2 Å². The van der Waals surface area contributed by atoms with Crippen LogP contribution in [-0.2, 0) is 19.1 Å². The molecule has 67 heavy (non-hydrogen) atoms. The Hall–Kier alpha value is -2.66. The van der Waals surface area contributed by atoms with Gasteiger partial charge in [0.1, 0.15) is 6.61 Å². The Morgan fingerprint density at radius 3 is 0.970 bits per heavy atom. The van der Waals surface area contributed by atoms with E-state index < -0.39 is 6.10 Å². The average molecular weight is 936 g/mol. The summed E-state index contributed by atoms with van der Waals surface area (Å²) in [5, 5.41) is 9.66. The second kappa shape index (κ2) is 57.7. The summed E-state index contributed by atoms with van der Waals surface area (Å²) < 4.78 is 10.7. The lowest BCUT2D eigenvalue weighted by molar-refractivity contribution is -0.161. The molecule has 1 unspecified atom stereocenters. The highest BCUT2D eigenvalue weighted by Crippen LogP contribution is 2.17. The molecule has 0 aliphatic heterocycles. The maximum atomic E-state index is 12.3. The van der Waals surface area contributed by atoms with Gasteiger partial charge in [0.15, 0.2) is 6.10 Å². The van der Waals surface area contributed by atoms with E-state index in [1.54, 1.807) is 0 Å². The van der Waals surface area contributed by atoms with Crippen molar-refractivity contribution in [3.05, 3.63) is 72.9 Å². The van der Waals surface area contributed by atoms with E-state index in [-0.39, 0.29) is 25.2 Å². The average Bonchev–Trinajstić information content (AvgIpc) is 3.33. The number of esters is 2. The van der Waals surface area contributed by atoms with Gasteiger partial charge in [0.05, 0.1) is 6.61 Å². The smallest absolute Gasteiger partial charge is 0.306 e. The van der Waals surface area contributed by atoms with Gasteiger partial charge in [0.25, 0.3) is 0 Å². The van der Waals surface area contributed by atoms with Crippen LogP contribution in [0, 0.1) is 0 Å². The molecule has 0 aromatic rings. The molecule has 5 heteroatoms. The Kier molecular flexibility index (Phi) is 55.4. The molecule has 388 valence electrons. The number of allylic oxidation sites excluding steroid dienone is 12. The number of aliphatic hydroxyl groups is 1. The minimum atomic E-state index is -0.774. The first kappa shape index (κ1) is 64.3. The fourth-order valence-electron chi connectivity index (χ4n) is 8.44. The summed E-state index contributed by atoms with van der Waals surface area (Å²) in [5.74, 6) is -0.581. The number of carbonyl (C=O) groups is 2. The van der Waals surface area contributed by atoms with Gasteiger partial charge in [0.2, 0.25) is 0 Å². The molecule has 0 rings (SSSR count). The van der Waals surface area contributed by atoms with Gasteiger partial charge in [-0.3, -0.25) is 9.59 Å². The second-order valence-electron chi connectivity index (χ2n) is 19.3. The molecule has 0 aromatic heterocycles. The van der Waals surface area contributed by atoms with Crippen molar-refractivity contribution in [3.8, 4) is 0 Å². The zero-order valence-corrected chi connectivity index (χ0v) is 44.4. The number of aliphatic hydroxyl groups excluding tert-OH is 1. The quantitative estimate of drug-likeness (QED) is 0.0374. The van der Waals surface area contributed by atoms with Crippen molar-refractivity contribution in [2.45, 2.75) is 296 Å². The molecule has 0 saturated carbocycles. The van der Waals surface area contributed by atoms with Crippen LogP contribution in [0.5, 0.6) is 0 Å². The van der Waals surface area contributed by atoms with E-state index in [0.29, 0.717) is 12.8 Å². The fourth-order valence-corrected chi connectivity index (χ4v) is 8.44. The van der Waals surface area contributed by atoms with Gasteiger partial charge in [-0.05, 0) is 64.2 Å². The monoisotopic (exact) mass is 935 g/mol. The molecule has 0 bridgehead atoms. The van der Waals surface area contributed by atoms with Gasteiger partial charge in [-0.25, -0.2) is 0 Å². The van der Waals surface area contributed by atoms with Gasteiger partial charge in [-0.15, -0.1) is 0 Å². The van der Waals surface area contributed by atoms with E-state index in [1.807, 2.05) is 0 Å². The molecule has 0 amide bonds. The molecule has 0 aliphatic rings. The normalized spacial score (nSPS) is 12.7. The van der Waals surface area contributed by atoms with E-state index in [0.717, 1.165) is 77.0 Å². The lowest BCUT2D eigenvalue weighted by atomic mass is 10.0. The molecule has 0 radical (unpaired) electrons. The number of carbonyl (C=O) groups excluding carboxylic acids is 2. The molecule has 0 fully saturated rings. The largest absolute Gasteiger partial charge is 0.462 e. The summed E-state index contributed by atoms with van der Waals surface area (Å²) in [6.45, 7) is 4.06. The van der Waals surface area contributed by atoms with Crippen molar-refractivity contribution in [2.75, 3.05) is 13.2 Å². The third-order valence-corrected chi connectivity index (χ3v) is 12.8. The van der Waals surface area contributed by atoms with E-state index in [2.05, 4.69) is 86.8 Å². The van der Waals surface area contributed by atoms with Crippen LogP contribution in [-0.4, -0.2) is 36.4 Å². The number of rotatable bonds is 53. The lowest BCUT2D eigenvalue weighted by Crippen LogP contribution is -2.28. The fraction of sp³-hybridized carbons (Fsp3) is 0.774. The molecule has 5 nitrogen and oxygen atoms in total. The van der Waals surface area contributed by atoms with E-state index in [1.165, 1.54) is 186 Å². The number of ether oxygens (including phenoxy) is 2. The Balaban J connectivity index is 3.48. The summed E-state index contributed by atoms with van der Waals surface area (Å²) in [5.41, 5.74) is 0. The third kappa shape index (κ3) is 55.8. The summed E-state index contributed by atoms with van der Waals surface area (Å²) >= 11 is 0. The first-order valence-corrected chi connectivity index (χ1v) is 29.0. The van der Waals surface area contributed by atoms with E-state index in [9.17, 15) is 14.7 Å². The van der Waals surface area contributed by atoms with Crippen molar-refractivity contribution in [1.82, 2.24) is 0 Å². The first-order chi connectivity index (χ1) is 33.1. The standard InChI is InChI=1S/C62H110O5/c1-3-5-7-9-11-13-15-17-19-21-23-25-27-28-29-30-31-32-33-34-35-37-39-41-43-45-47-49-51-53-55-57-62(65)67-60(58-63)59-66-61(64)56-54-52-50-48-46-44-42-40-38-36-26-24-22-20-18-16-14-12-10-8-6-4-2/h5,7,11,13,17,19,23,25,28-29,31-32,60,63H,3-4,6,8-10,12,14-16,18,20-22,24,26-27,30,33-59H2,1-2H3/b7-5-,13-11-,19-17-,25-23-,29-28-,32-31-. The van der Waals surface area contributed by atoms with Crippen LogP contribution < -0.4 is 0 Å². The maximum Gasteiger partial charge on any atom is 0.306 e. The molecule has 1 N–H and O–H groups in total. The molecular weight excluding hydrogens is 825 g/mol. The van der Waals surface area contributed by atoms with Crippen LogP contribution in [0.3, 0.4) is 0 Å². The molecule has 0 spiro atoms. The van der Waals surface area contributed by atoms with Crippen molar-refractivity contribution in [2.24, 2.45) is 0 Å². The zero-order valence-electron chi connectivity index (χ0n) is 44.4. The lowest BCUT2D eigenvalue weighted by Gasteiger charge is -2.15. The van der Waals surface area contributed by atoms with Gasteiger partial charge in [0, 0.05) is 12.8 Å². The molecule has 1 atom stereocenters. The number of unbranched alkanes of at least 4 members (excludes halogenated alkanes) is 33. The molecule has 0 aliphatic carbocycles. The highest BCUT2D eigenvalue weighted by atomic mass is 16.6. The summed E-state index contributed by atoms with van der Waals surface area (Å²) in [6.07, 6.45) is 78.8. The van der Waals surface area contributed by atoms with Crippen molar-refractivity contribution in [3.63, 3.8) is 0 Å². The topological polar surface area (TPSA) is 72.8 Å². The van der Waals surface area contributed by atoms with Gasteiger partial charge < -0.3 is 14.6 Å². The summed E-state index contributed by atoms with van der Waals surface area (Å²) in [4.78, 5) is 24.5. The van der Waals surface area contributed by atoms with Crippen LogP contribution in [0.25, 0.3) is 0 Å². The van der Waals surface area contributed by atoms with Crippen LogP contribution in [0.1, 0.15) is 290 Å². The molecule has 0 heterocycles. The minimum Gasteiger partial charge on any atom is -0.462 e. The molecular formula is C62H110O5. The Morgan fingerprint density at radius 1 is 0.358 bits per heavy atom. The van der Waals surface area contributed by atoms with Gasteiger partial charge >= 0.3 is 11.9 Å². The molecule has 0 aromatic carbocycles. The minimum absolute atomic E-state index is 0.0648. The summed E-state index contributed by atoms with van der Waals surface area (Å²) in [7, 11) is 0. The Labute approximate surface area is 416 Å². The van der Waals surface area contributed by atoms with Crippen LogP contribution >= 0.6 is 0 Å². The SMILES string of the molecule is CC/C=C\C/C=C\C/C=C\C/C=C\C/C=C\C/C=C\CCCCCCCCCCCCCCC(=O)OC(CO)COC(=O)CCCCCCCCCCCCCCCCCCCCCCCC. The number of hydrogen-bond acceptors (Lipinski definition) is 5.